The Morgan fingerprint density at radius 1 is 1.17 bits per heavy atom. The monoisotopic (exact) mass is 248 g/mol. The first-order chi connectivity index (χ1) is 8.58. The van der Waals surface area contributed by atoms with E-state index in [9.17, 15) is 4.79 Å². The zero-order valence-corrected chi connectivity index (χ0v) is 11.2. The zero-order valence-electron chi connectivity index (χ0n) is 11.2. The highest BCUT2D eigenvalue weighted by atomic mass is 16.6. The molecule has 0 bridgehead atoms. The summed E-state index contributed by atoms with van der Waals surface area (Å²) in [6, 6.07) is 9.92. The Morgan fingerprint density at radius 2 is 1.72 bits per heavy atom. The third-order valence-corrected chi connectivity index (χ3v) is 3.57. The fourth-order valence-corrected chi connectivity index (χ4v) is 2.21. The van der Waals surface area contributed by atoms with Gasteiger partial charge in [0.25, 0.3) is 0 Å². The van der Waals surface area contributed by atoms with E-state index in [2.05, 4.69) is 25.8 Å². The van der Waals surface area contributed by atoms with E-state index in [1.807, 2.05) is 18.2 Å². The SMILES string of the molecule is CC1CN(C(=O)Oc2ccccc2)CC(C)N1C. The molecule has 2 unspecified atom stereocenters. The van der Waals surface area contributed by atoms with Gasteiger partial charge in [0.15, 0.2) is 0 Å². The van der Waals surface area contributed by atoms with Gasteiger partial charge in [-0.1, -0.05) is 18.2 Å². The predicted molar refractivity (Wildman–Crippen MR) is 70.7 cm³/mol. The first kappa shape index (κ1) is 12.9. The molecule has 1 aliphatic heterocycles. The minimum absolute atomic E-state index is 0.256. The second-order valence-corrected chi connectivity index (χ2v) is 4.95. The van der Waals surface area contributed by atoms with Crippen LogP contribution < -0.4 is 4.74 Å². The maximum absolute atomic E-state index is 12.1. The van der Waals surface area contributed by atoms with Gasteiger partial charge in [0.05, 0.1) is 0 Å². The van der Waals surface area contributed by atoms with Gasteiger partial charge in [0.1, 0.15) is 5.75 Å². The molecule has 1 heterocycles. The van der Waals surface area contributed by atoms with Gasteiger partial charge in [-0.05, 0) is 33.0 Å². The molecule has 1 saturated heterocycles. The fourth-order valence-electron chi connectivity index (χ4n) is 2.21. The summed E-state index contributed by atoms with van der Waals surface area (Å²) >= 11 is 0. The van der Waals surface area contributed by atoms with Crippen molar-refractivity contribution >= 4 is 6.09 Å². The van der Waals surface area contributed by atoms with Crippen molar-refractivity contribution < 1.29 is 9.53 Å². The molecule has 1 aliphatic rings. The molecule has 1 amide bonds. The van der Waals surface area contributed by atoms with Gasteiger partial charge in [-0.2, -0.15) is 0 Å². The summed E-state index contributed by atoms with van der Waals surface area (Å²) in [7, 11) is 2.09. The number of hydrogen-bond acceptors (Lipinski definition) is 3. The number of carbonyl (C=O) groups excluding carboxylic acids is 1. The van der Waals surface area contributed by atoms with Crippen molar-refractivity contribution in [2.75, 3.05) is 20.1 Å². The Bertz CT molecular complexity index is 396. The molecule has 1 fully saturated rings. The summed E-state index contributed by atoms with van der Waals surface area (Å²) in [5, 5.41) is 0. The molecule has 1 aromatic rings. The number of ether oxygens (including phenoxy) is 1. The molecule has 18 heavy (non-hydrogen) atoms. The Hall–Kier alpha value is -1.55. The lowest BCUT2D eigenvalue weighted by molar-refractivity contribution is 0.0607. The van der Waals surface area contributed by atoms with Crippen molar-refractivity contribution in [2.24, 2.45) is 0 Å². The predicted octanol–water partition coefficient (Wildman–Crippen LogP) is 2.21. The molecule has 0 saturated carbocycles. The van der Waals surface area contributed by atoms with Crippen LogP contribution in [0.4, 0.5) is 4.79 Å². The van der Waals surface area contributed by atoms with Crippen molar-refractivity contribution in [3.63, 3.8) is 0 Å². The third kappa shape index (κ3) is 2.82. The highest BCUT2D eigenvalue weighted by Crippen LogP contribution is 2.16. The van der Waals surface area contributed by atoms with Crippen LogP contribution in [0.2, 0.25) is 0 Å². The highest BCUT2D eigenvalue weighted by Gasteiger charge is 2.30. The molecule has 0 spiro atoms. The largest absolute Gasteiger partial charge is 0.415 e. The van der Waals surface area contributed by atoms with Crippen LogP contribution in [-0.2, 0) is 0 Å². The van der Waals surface area contributed by atoms with E-state index >= 15 is 0 Å². The number of para-hydroxylation sites is 1. The van der Waals surface area contributed by atoms with Crippen LogP contribution in [0.25, 0.3) is 0 Å². The van der Waals surface area contributed by atoms with Crippen LogP contribution in [0.1, 0.15) is 13.8 Å². The highest BCUT2D eigenvalue weighted by molar-refractivity contribution is 5.70. The average molecular weight is 248 g/mol. The number of benzene rings is 1. The van der Waals surface area contributed by atoms with Gasteiger partial charge in [0, 0.05) is 25.2 Å². The minimum Gasteiger partial charge on any atom is -0.410 e. The molecule has 4 heteroatoms. The van der Waals surface area contributed by atoms with Gasteiger partial charge in [-0.3, -0.25) is 4.90 Å². The Labute approximate surface area is 108 Å². The van der Waals surface area contributed by atoms with E-state index in [4.69, 9.17) is 4.74 Å². The molecule has 0 aromatic heterocycles. The Kier molecular flexibility index (Phi) is 3.87. The summed E-state index contributed by atoms with van der Waals surface area (Å²) in [5.41, 5.74) is 0. The fraction of sp³-hybridized carbons (Fsp3) is 0.500. The van der Waals surface area contributed by atoms with Crippen LogP contribution in [0, 0.1) is 0 Å². The normalized spacial score (nSPS) is 24.9. The third-order valence-electron chi connectivity index (χ3n) is 3.57. The van der Waals surface area contributed by atoms with Crippen LogP contribution in [0.3, 0.4) is 0 Å². The number of piperazine rings is 1. The van der Waals surface area contributed by atoms with Crippen LogP contribution in [0.5, 0.6) is 5.75 Å². The molecule has 0 radical (unpaired) electrons. The van der Waals surface area contributed by atoms with Crippen molar-refractivity contribution in [1.29, 1.82) is 0 Å². The molecule has 2 atom stereocenters. The molecule has 1 aromatic carbocycles. The molecular formula is C14H20N2O2. The topological polar surface area (TPSA) is 32.8 Å². The molecule has 4 nitrogen and oxygen atoms in total. The van der Waals surface area contributed by atoms with Crippen LogP contribution in [0.15, 0.2) is 30.3 Å². The zero-order chi connectivity index (χ0) is 13.1. The Balaban J connectivity index is 1.98. The van der Waals surface area contributed by atoms with E-state index < -0.39 is 0 Å². The van der Waals surface area contributed by atoms with Gasteiger partial charge in [-0.15, -0.1) is 0 Å². The molecule has 0 aliphatic carbocycles. The number of likely N-dealkylation sites (N-methyl/N-ethyl adjacent to an activating group) is 1. The lowest BCUT2D eigenvalue weighted by atomic mass is 10.1. The van der Waals surface area contributed by atoms with Crippen molar-refractivity contribution in [1.82, 2.24) is 9.80 Å². The van der Waals surface area contributed by atoms with E-state index in [1.54, 1.807) is 17.0 Å². The van der Waals surface area contributed by atoms with E-state index in [-0.39, 0.29) is 6.09 Å². The first-order valence-electron chi connectivity index (χ1n) is 6.31. The smallest absolute Gasteiger partial charge is 0.410 e. The molecular weight excluding hydrogens is 228 g/mol. The van der Waals surface area contributed by atoms with Crippen LogP contribution in [-0.4, -0.2) is 48.1 Å². The maximum atomic E-state index is 12.1. The van der Waals surface area contributed by atoms with E-state index in [0.29, 0.717) is 30.9 Å². The summed E-state index contributed by atoms with van der Waals surface area (Å²) in [4.78, 5) is 16.1. The number of hydrogen-bond donors (Lipinski definition) is 0. The quantitative estimate of drug-likeness (QED) is 0.764. The molecule has 2 rings (SSSR count). The molecule has 98 valence electrons. The van der Waals surface area contributed by atoms with Gasteiger partial charge < -0.3 is 9.64 Å². The van der Waals surface area contributed by atoms with E-state index in [0.717, 1.165) is 0 Å². The lowest BCUT2D eigenvalue weighted by Crippen LogP contribution is -2.56. The maximum Gasteiger partial charge on any atom is 0.415 e. The number of rotatable bonds is 1. The summed E-state index contributed by atoms with van der Waals surface area (Å²) < 4.78 is 5.35. The standard InChI is InChI=1S/C14H20N2O2/c1-11-9-16(10-12(2)15(11)3)14(17)18-13-7-5-4-6-8-13/h4-8,11-12H,9-10H2,1-3H3. The second-order valence-electron chi connectivity index (χ2n) is 4.95. The summed E-state index contributed by atoms with van der Waals surface area (Å²) in [5.74, 6) is 0.599. The number of carbonyl (C=O) groups is 1. The van der Waals surface area contributed by atoms with Crippen molar-refractivity contribution in [2.45, 2.75) is 25.9 Å². The number of amides is 1. The van der Waals surface area contributed by atoms with E-state index in [1.165, 1.54) is 0 Å². The first-order valence-corrected chi connectivity index (χ1v) is 6.31. The summed E-state index contributed by atoms with van der Waals surface area (Å²) in [6.07, 6.45) is -0.256. The van der Waals surface area contributed by atoms with Crippen LogP contribution >= 0.6 is 0 Å². The lowest BCUT2D eigenvalue weighted by Gasteiger charge is -2.41. The number of nitrogens with zero attached hydrogens (tertiary/aromatic N) is 2. The average Bonchev–Trinajstić information content (AvgIpc) is 2.36. The van der Waals surface area contributed by atoms with Crippen molar-refractivity contribution in [3.05, 3.63) is 30.3 Å². The van der Waals surface area contributed by atoms with Crippen molar-refractivity contribution in [3.8, 4) is 5.75 Å². The van der Waals surface area contributed by atoms with Gasteiger partial charge in [-0.25, -0.2) is 4.79 Å². The van der Waals surface area contributed by atoms with Gasteiger partial charge >= 0.3 is 6.09 Å². The minimum atomic E-state index is -0.256. The molecule has 0 N–H and O–H groups in total. The Morgan fingerprint density at radius 3 is 2.28 bits per heavy atom. The van der Waals surface area contributed by atoms with Gasteiger partial charge in [0.2, 0.25) is 0 Å². The summed E-state index contributed by atoms with van der Waals surface area (Å²) in [6.45, 7) is 5.68. The second kappa shape index (κ2) is 5.40.